The van der Waals surface area contributed by atoms with Crippen LogP contribution in [0.15, 0.2) is 146 Å². The Hall–Kier alpha value is -9.14. The molecule has 2 atom stereocenters. The lowest BCUT2D eigenvalue weighted by Gasteiger charge is -2.39. The van der Waals surface area contributed by atoms with Crippen LogP contribution in [0.2, 0.25) is 0 Å². The molecule has 522 valence electrons. The van der Waals surface area contributed by atoms with Gasteiger partial charge in [0.25, 0.3) is 11.8 Å². The molecule has 0 radical (unpaired) electrons. The summed E-state index contributed by atoms with van der Waals surface area (Å²) in [5.74, 6) is -0.426. The third kappa shape index (κ3) is 21.0. The van der Waals surface area contributed by atoms with Gasteiger partial charge in [-0.3, -0.25) is 28.8 Å². The fourth-order valence-electron chi connectivity index (χ4n) is 11.4. The Morgan fingerprint density at radius 3 is 1.16 bits per heavy atom. The van der Waals surface area contributed by atoms with E-state index in [4.69, 9.17) is 14.2 Å². The number of amides is 4. The highest BCUT2D eigenvalue weighted by molar-refractivity contribution is 7.14. The predicted molar refractivity (Wildman–Crippen MR) is 390 cm³/mol. The number of hydrogen-bond acceptors (Lipinski definition) is 15. The van der Waals surface area contributed by atoms with Gasteiger partial charge in [0.1, 0.15) is 23.6 Å². The van der Waals surface area contributed by atoms with Gasteiger partial charge >= 0.3 is 11.9 Å². The van der Waals surface area contributed by atoms with Gasteiger partial charge in [-0.1, -0.05) is 180 Å². The smallest absolute Gasteiger partial charge is 0.312 e. The zero-order valence-electron chi connectivity index (χ0n) is 58.5. The number of esters is 1. The number of nitrogens with zero attached hydrogens (tertiary/aromatic N) is 6. The molecule has 0 saturated carbocycles. The minimum absolute atomic E-state index is 0.0849. The molecule has 0 spiro atoms. The van der Waals surface area contributed by atoms with Crippen LogP contribution in [0.5, 0.6) is 11.5 Å². The molecule has 2 saturated heterocycles. The number of methoxy groups -OCH3 is 1. The number of likely N-dealkylation sites (tertiary alicyclic amines) is 2. The maximum Gasteiger partial charge on any atom is 0.312 e. The van der Waals surface area contributed by atoms with Crippen molar-refractivity contribution < 1.29 is 48.1 Å². The van der Waals surface area contributed by atoms with Crippen molar-refractivity contribution in [3.63, 3.8) is 0 Å². The third-order valence-electron chi connectivity index (χ3n) is 17.6. The van der Waals surface area contributed by atoms with Gasteiger partial charge < -0.3 is 39.8 Å². The molecule has 4 amide bonds. The zero-order chi connectivity index (χ0) is 70.6. The lowest BCUT2D eigenvalue weighted by Crippen LogP contribution is -2.59. The number of aromatic nitrogens is 4. The van der Waals surface area contributed by atoms with Crippen LogP contribution >= 0.6 is 22.7 Å². The second-order valence-electron chi connectivity index (χ2n) is 27.6. The number of aliphatic carboxylic acids is 1. The third-order valence-corrected chi connectivity index (χ3v) is 20.7. The standard InChI is InChI=1S/C40H48N4O5S.C39H46N4O5S/c1-6-7-8-9-10-21-49-32-17-15-28(16-18-32)30-23-41-36(42-24-30)29-13-11-27(12-14-29)22-33(38(46)44-25-31(26-44)39(47)48-5)43-37(45)34-19-20-35(50-34)40(2,3)4;1-5-6-7-8-9-20-48-31-16-14-27(15-17-31)29-22-40-35(41-23-29)28-12-10-26(11-13-28)21-32(37(45)43-24-30(25-43)38(46)47)42-36(44)33-18-19-34(49-33)39(2,3)4/h11-20,23-24,31,33H,6-10,21-22,25-26H2,1-5H3,(H,43,45);10-19,22-23,30,32H,5-9,20-21,24-25H2,1-4H3,(H,42,44)(H,46,47)/t33-;32-/m00/s1. The summed E-state index contributed by atoms with van der Waals surface area (Å²) < 4.78 is 16.6. The van der Waals surface area contributed by atoms with E-state index in [9.17, 15) is 33.9 Å². The maximum atomic E-state index is 13.6. The van der Waals surface area contributed by atoms with Crippen LogP contribution in [0.25, 0.3) is 45.0 Å². The Bertz CT molecular complexity index is 3940. The van der Waals surface area contributed by atoms with E-state index in [1.165, 1.54) is 86.0 Å². The average Bonchev–Trinajstić information content (AvgIpc) is 1.71. The van der Waals surface area contributed by atoms with Crippen molar-refractivity contribution in [3.8, 4) is 56.5 Å². The number of carbonyl (C=O) groups is 6. The van der Waals surface area contributed by atoms with Crippen LogP contribution in [0, 0.1) is 11.8 Å². The Morgan fingerprint density at radius 1 is 0.475 bits per heavy atom. The molecular weight excluding hydrogens is 1290 g/mol. The van der Waals surface area contributed by atoms with Crippen LogP contribution in [0.1, 0.15) is 160 Å². The fraction of sp³-hybridized carbons (Fsp3) is 0.418. The molecule has 6 heterocycles. The molecule has 4 aromatic carbocycles. The largest absolute Gasteiger partial charge is 0.494 e. The van der Waals surface area contributed by atoms with Crippen molar-refractivity contribution in [2.75, 3.05) is 46.5 Å². The van der Waals surface area contributed by atoms with Gasteiger partial charge in [-0.15, -0.1) is 22.7 Å². The van der Waals surface area contributed by atoms with Gasteiger partial charge in [0.15, 0.2) is 11.6 Å². The van der Waals surface area contributed by atoms with Crippen molar-refractivity contribution in [1.29, 1.82) is 0 Å². The van der Waals surface area contributed by atoms with Crippen molar-refractivity contribution in [3.05, 3.63) is 177 Å². The van der Waals surface area contributed by atoms with Gasteiger partial charge in [-0.05, 0) is 94.5 Å². The number of unbranched alkanes of at least 4 members (excludes halogenated alkanes) is 8. The molecule has 18 nitrogen and oxygen atoms in total. The molecular formula is C79H94N8O10S2. The second kappa shape index (κ2) is 35.1. The van der Waals surface area contributed by atoms with E-state index in [1.54, 1.807) is 29.4 Å². The van der Waals surface area contributed by atoms with E-state index < -0.39 is 24.0 Å². The predicted octanol–water partition coefficient (Wildman–Crippen LogP) is 14.9. The number of thiophene rings is 2. The molecule has 2 fully saturated rings. The molecule has 0 bridgehead atoms. The second-order valence-corrected chi connectivity index (χ2v) is 29.8. The van der Waals surface area contributed by atoms with Crippen molar-refractivity contribution in [2.45, 2.75) is 155 Å². The van der Waals surface area contributed by atoms with Gasteiger partial charge in [0.05, 0.1) is 41.9 Å². The maximum absolute atomic E-state index is 13.6. The van der Waals surface area contributed by atoms with Gasteiger partial charge in [0, 0.05) is 95.8 Å². The zero-order valence-corrected chi connectivity index (χ0v) is 60.1. The fourth-order valence-corrected chi connectivity index (χ4v) is 13.3. The van der Waals surface area contributed by atoms with Crippen molar-refractivity contribution in [1.82, 2.24) is 40.4 Å². The van der Waals surface area contributed by atoms with E-state index in [1.807, 2.05) is 122 Å². The number of carboxylic acid groups (broad SMARTS) is 1. The summed E-state index contributed by atoms with van der Waals surface area (Å²) in [6, 6.07) is 37.2. The lowest BCUT2D eigenvalue weighted by atomic mass is 9.95. The van der Waals surface area contributed by atoms with Gasteiger partial charge in [-0.2, -0.15) is 0 Å². The van der Waals surface area contributed by atoms with Crippen LogP contribution < -0.4 is 20.1 Å². The Labute approximate surface area is 590 Å². The number of carboxylic acids is 1. The highest BCUT2D eigenvalue weighted by Gasteiger charge is 2.41. The quantitative estimate of drug-likeness (QED) is 0.0281. The summed E-state index contributed by atoms with van der Waals surface area (Å²) in [6.45, 7) is 19.3. The summed E-state index contributed by atoms with van der Waals surface area (Å²) in [4.78, 5) is 102. The van der Waals surface area contributed by atoms with E-state index in [0.29, 0.717) is 27.8 Å². The van der Waals surface area contributed by atoms with E-state index >= 15 is 0 Å². The van der Waals surface area contributed by atoms with Gasteiger partial charge in [0.2, 0.25) is 11.8 Å². The summed E-state index contributed by atoms with van der Waals surface area (Å²) >= 11 is 2.84. The van der Waals surface area contributed by atoms with E-state index in [-0.39, 0.29) is 78.9 Å². The van der Waals surface area contributed by atoms with E-state index in [0.717, 1.165) is 91.8 Å². The molecule has 10 rings (SSSR count). The highest BCUT2D eigenvalue weighted by Crippen LogP contribution is 2.33. The van der Waals surface area contributed by atoms with E-state index in [2.05, 4.69) is 86.0 Å². The minimum atomic E-state index is -0.921. The number of hydrogen-bond donors (Lipinski definition) is 3. The molecule has 4 aromatic heterocycles. The van der Waals surface area contributed by atoms with Crippen molar-refractivity contribution in [2.24, 2.45) is 11.8 Å². The molecule has 0 unspecified atom stereocenters. The normalized spacial score (nSPS) is 13.8. The molecule has 2 aliphatic heterocycles. The molecule has 3 N–H and O–H groups in total. The first kappa shape index (κ1) is 74.1. The first-order chi connectivity index (χ1) is 47.6. The van der Waals surface area contributed by atoms with Crippen LogP contribution in [0.3, 0.4) is 0 Å². The number of nitrogens with one attached hydrogen (secondary N) is 2. The van der Waals surface area contributed by atoms with Crippen LogP contribution in [-0.4, -0.2) is 129 Å². The molecule has 8 aromatic rings. The Morgan fingerprint density at radius 2 is 0.828 bits per heavy atom. The number of rotatable bonds is 30. The summed E-state index contributed by atoms with van der Waals surface area (Å²) in [7, 11) is 1.34. The molecule has 0 aliphatic carbocycles. The average molecular weight is 1380 g/mol. The van der Waals surface area contributed by atoms with Gasteiger partial charge in [-0.25, -0.2) is 19.9 Å². The first-order valence-corrected chi connectivity index (χ1v) is 36.2. The summed E-state index contributed by atoms with van der Waals surface area (Å²) in [5.41, 5.74) is 7.03. The lowest BCUT2D eigenvalue weighted by molar-refractivity contribution is -0.157. The summed E-state index contributed by atoms with van der Waals surface area (Å²) in [5, 5.41) is 15.2. The number of ether oxygens (including phenoxy) is 3. The summed E-state index contributed by atoms with van der Waals surface area (Å²) in [6.07, 6.45) is 19.9. The van der Waals surface area contributed by atoms with Crippen LogP contribution in [-0.2, 0) is 47.6 Å². The Balaban J connectivity index is 0.000000231. The monoisotopic (exact) mass is 1380 g/mol. The molecule has 20 heteroatoms. The van der Waals surface area contributed by atoms with Crippen LogP contribution in [0.4, 0.5) is 0 Å². The minimum Gasteiger partial charge on any atom is -0.494 e. The SMILES string of the molecule is CCCCCCCOc1ccc(-c2cnc(-c3ccc(C[C@H](NC(=O)c4ccc(C(C)(C)C)s4)C(=O)N4CC(C(=O)O)C4)cc3)nc2)cc1.CCCCCCCOc1ccc(-c2cnc(-c3ccc(C[C@H](NC(=O)c4ccc(C(C)(C)C)s4)C(=O)N4CC(C(=O)OC)C4)cc3)nc2)cc1. The highest BCUT2D eigenvalue weighted by atomic mass is 32.1. The number of benzene rings is 4. The van der Waals surface area contributed by atoms with Crippen molar-refractivity contribution >= 4 is 58.2 Å². The molecule has 99 heavy (non-hydrogen) atoms. The topological polar surface area (TPSA) is 232 Å². The Kier molecular flexibility index (Phi) is 26.2. The first-order valence-electron chi connectivity index (χ1n) is 34.6. The molecule has 2 aliphatic rings. The number of carbonyl (C=O) groups excluding carboxylic acids is 5.